The lowest BCUT2D eigenvalue weighted by Crippen LogP contribution is -2.16. The van der Waals surface area contributed by atoms with Crippen molar-refractivity contribution >= 4 is 18.5 Å². The van der Waals surface area contributed by atoms with Crippen molar-refractivity contribution in [3.05, 3.63) is 67.3 Å². The molecule has 1 aliphatic heterocycles. The van der Waals surface area contributed by atoms with Crippen LogP contribution in [0.25, 0.3) is 6.08 Å². The van der Waals surface area contributed by atoms with E-state index in [0.717, 1.165) is 6.67 Å². The molecule has 0 unspecified atom stereocenters. The standard InChI is InChI=1S/C13H14N2.ClH/c1-2-14-10-11-15(12-14)9-8-13-6-4-3-5-7-13;/h2-11H,1,12H2;1H. The average molecular weight is 235 g/mol. The summed E-state index contributed by atoms with van der Waals surface area (Å²) >= 11 is 0. The zero-order valence-electron chi connectivity index (χ0n) is 8.99. The summed E-state index contributed by atoms with van der Waals surface area (Å²) in [5.74, 6) is 0. The summed E-state index contributed by atoms with van der Waals surface area (Å²) in [6.07, 6.45) is 10.0. The minimum atomic E-state index is 0. The summed E-state index contributed by atoms with van der Waals surface area (Å²) in [6.45, 7) is 4.56. The van der Waals surface area contributed by atoms with Crippen LogP contribution < -0.4 is 0 Å². The first-order valence-corrected chi connectivity index (χ1v) is 4.94. The van der Waals surface area contributed by atoms with Gasteiger partial charge in [-0.05, 0) is 17.8 Å². The molecule has 0 N–H and O–H groups in total. The molecule has 0 atom stereocenters. The van der Waals surface area contributed by atoms with Gasteiger partial charge in [0.15, 0.2) is 0 Å². The van der Waals surface area contributed by atoms with Crippen LogP contribution in [0.2, 0.25) is 0 Å². The van der Waals surface area contributed by atoms with Crippen LogP contribution in [-0.2, 0) is 0 Å². The lowest BCUT2D eigenvalue weighted by Gasteiger charge is -2.13. The largest absolute Gasteiger partial charge is 0.335 e. The highest BCUT2D eigenvalue weighted by atomic mass is 35.5. The fraction of sp³-hybridized carbons (Fsp3) is 0.0769. The lowest BCUT2D eigenvalue weighted by molar-refractivity contribution is 0.394. The Morgan fingerprint density at radius 3 is 2.38 bits per heavy atom. The highest BCUT2D eigenvalue weighted by Gasteiger charge is 2.05. The van der Waals surface area contributed by atoms with Crippen LogP contribution in [0.15, 0.2) is 61.7 Å². The van der Waals surface area contributed by atoms with E-state index in [-0.39, 0.29) is 12.4 Å². The third kappa shape index (κ3) is 3.17. The van der Waals surface area contributed by atoms with Crippen molar-refractivity contribution in [2.75, 3.05) is 6.67 Å². The predicted molar refractivity (Wildman–Crippen MR) is 70.6 cm³/mol. The van der Waals surface area contributed by atoms with Crippen LogP contribution in [0, 0.1) is 0 Å². The Bertz CT molecular complexity index is 384. The zero-order valence-corrected chi connectivity index (χ0v) is 9.81. The molecule has 2 nitrogen and oxygen atoms in total. The van der Waals surface area contributed by atoms with E-state index in [1.165, 1.54) is 5.56 Å². The second-order valence-corrected chi connectivity index (χ2v) is 3.38. The maximum absolute atomic E-state index is 3.72. The number of hydrogen-bond donors (Lipinski definition) is 0. The van der Waals surface area contributed by atoms with Gasteiger partial charge in [-0.1, -0.05) is 36.9 Å². The maximum Gasteiger partial charge on any atom is 0.0977 e. The molecule has 0 radical (unpaired) electrons. The molecular weight excluding hydrogens is 220 g/mol. The van der Waals surface area contributed by atoms with Crippen LogP contribution in [0.3, 0.4) is 0 Å². The smallest absolute Gasteiger partial charge is 0.0977 e. The summed E-state index contributed by atoms with van der Waals surface area (Å²) in [4.78, 5) is 4.13. The van der Waals surface area contributed by atoms with Crippen LogP contribution in [0.1, 0.15) is 5.56 Å². The van der Waals surface area contributed by atoms with E-state index in [4.69, 9.17) is 0 Å². The fourth-order valence-corrected chi connectivity index (χ4v) is 1.42. The van der Waals surface area contributed by atoms with E-state index in [2.05, 4.69) is 35.9 Å². The summed E-state index contributed by atoms with van der Waals surface area (Å²) in [6, 6.07) is 10.3. The number of rotatable bonds is 3. The van der Waals surface area contributed by atoms with Gasteiger partial charge in [0.25, 0.3) is 0 Å². The first-order chi connectivity index (χ1) is 7.38. The Kier molecular flexibility index (Phi) is 4.67. The highest BCUT2D eigenvalue weighted by molar-refractivity contribution is 5.85. The number of nitrogens with zero attached hydrogens (tertiary/aromatic N) is 2. The average Bonchev–Trinajstić information content (AvgIpc) is 2.76. The van der Waals surface area contributed by atoms with Crippen molar-refractivity contribution < 1.29 is 0 Å². The Hall–Kier alpha value is -1.67. The molecule has 3 heteroatoms. The monoisotopic (exact) mass is 234 g/mol. The van der Waals surface area contributed by atoms with Gasteiger partial charge in [-0.2, -0.15) is 0 Å². The normalized spacial score (nSPS) is 14.2. The van der Waals surface area contributed by atoms with E-state index in [1.54, 1.807) is 0 Å². The molecule has 0 amide bonds. The number of benzene rings is 1. The number of hydrogen-bond acceptors (Lipinski definition) is 2. The first kappa shape index (κ1) is 12.4. The zero-order chi connectivity index (χ0) is 10.5. The molecule has 0 spiro atoms. The summed E-state index contributed by atoms with van der Waals surface area (Å²) in [5.41, 5.74) is 1.21. The van der Waals surface area contributed by atoms with Gasteiger partial charge >= 0.3 is 0 Å². The summed E-state index contributed by atoms with van der Waals surface area (Å²) < 4.78 is 0. The Labute approximate surface area is 103 Å². The van der Waals surface area contributed by atoms with E-state index in [1.807, 2.05) is 41.7 Å². The minimum absolute atomic E-state index is 0. The Balaban J connectivity index is 0.00000128. The topological polar surface area (TPSA) is 6.48 Å². The molecular formula is C13H15ClN2. The Morgan fingerprint density at radius 1 is 1.06 bits per heavy atom. The van der Waals surface area contributed by atoms with Crippen molar-refractivity contribution in [3.63, 3.8) is 0 Å². The van der Waals surface area contributed by atoms with Crippen LogP contribution in [-0.4, -0.2) is 16.5 Å². The molecule has 0 aliphatic carbocycles. The second kappa shape index (κ2) is 6.03. The number of halogens is 1. The van der Waals surface area contributed by atoms with Gasteiger partial charge < -0.3 is 9.80 Å². The summed E-state index contributed by atoms with van der Waals surface area (Å²) in [5, 5.41) is 0. The van der Waals surface area contributed by atoms with Crippen molar-refractivity contribution in [2.45, 2.75) is 0 Å². The fourth-order valence-electron chi connectivity index (χ4n) is 1.42. The second-order valence-electron chi connectivity index (χ2n) is 3.38. The van der Waals surface area contributed by atoms with E-state index < -0.39 is 0 Å². The van der Waals surface area contributed by atoms with Gasteiger partial charge in [0.05, 0.1) is 6.67 Å². The molecule has 84 valence electrons. The third-order valence-corrected chi connectivity index (χ3v) is 2.27. The maximum atomic E-state index is 3.72. The summed E-state index contributed by atoms with van der Waals surface area (Å²) in [7, 11) is 0. The van der Waals surface area contributed by atoms with Crippen molar-refractivity contribution in [2.24, 2.45) is 0 Å². The molecule has 0 fully saturated rings. The highest BCUT2D eigenvalue weighted by Crippen LogP contribution is 2.09. The van der Waals surface area contributed by atoms with Crippen molar-refractivity contribution in [1.82, 2.24) is 9.80 Å². The van der Waals surface area contributed by atoms with Gasteiger partial charge in [0.1, 0.15) is 0 Å². The molecule has 1 aromatic carbocycles. The van der Waals surface area contributed by atoms with E-state index >= 15 is 0 Å². The molecule has 1 aliphatic rings. The minimum Gasteiger partial charge on any atom is -0.335 e. The molecule has 0 saturated heterocycles. The molecule has 0 saturated carbocycles. The van der Waals surface area contributed by atoms with Gasteiger partial charge in [0.2, 0.25) is 0 Å². The predicted octanol–water partition coefficient (Wildman–Crippen LogP) is 3.27. The molecule has 2 rings (SSSR count). The first-order valence-electron chi connectivity index (χ1n) is 4.94. The van der Waals surface area contributed by atoms with E-state index in [0.29, 0.717) is 0 Å². The molecule has 1 aromatic rings. The van der Waals surface area contributed by atoms with Gasteiger partial charge in [0, 0.05) is 18.6 Å². The van der Waals surface area contributed by atoms with Gasteiger partial charge in [-0.15, -0.1) is 12.4 Å². The lowest BCUT2D eigenvalue weighted by atomic mass is 10.2. The molecule has 0 aromatic heterocycles. The van der Waals surface area contributed by atoms with Crippen molar-refractivity contribution in [1.29, 1.82) is 0 Å². The molecule has 16 heavy (non-hydrogen) atoms. The molecule has 0 bridgehead atoms. The van der Waals surface area contributed by atoms with Gasteiger partial charge in [-0.3, -0.25) is 0 Å². The quantitative estimate of drug-likeness (QED) is 0.792. The third-order valence-electron chi connectivity index (χ3n) is 2.27. The van der Waals surface area contributed by atoms with Crippen molar-refractivity contribution in [3.8, 4) is 0 Å². The van der Waals surface area contributed by atoms with E-state index in [9.17, 15) is 0 Å². The SMILES string of the molecule is C=CN1C=CN(C=Cc2ccccc2)C1.Cl. The molecule has 1 heterocycles. The Morgan fingerprint density at radius 2 is 1.75 bits per heavy atom. The van der Waals surface area contributed by atoms with Crippen LogP contribution in [0.5, 0.6) is 0 Å². The van der Waals surface area contributed by atoms with Crippen LogP contribution in [0.4, 0.5) is 0 Å². The van der Waals surface area contributed by atoms with Crippen LogP contribution >= 0.6 is 12.4 Å². The van der Waals surface area contributed by atoms with Gasteiger partial charge in [-0.25, -0.2) is 0 Å².